The van der Waals surface area contributed by atoms with Gasteiger partial charge >= 0.3 is 12.0 Å². The molecule has 0 unspecified atom stereocenters. The summed E-state index contributed by atoms with van der Waals surface area (Å²) in [7, 11) is 1.50. The summed E-state index contributed by atoms with van der Waals surface area (Å²) >= 11 is 0. The van der Waals surface area contributed by atoms with Gasteiger partial charge in [0.1, 0.15) is 6.04 Å². The van der Waals surface area contributed by atoms with E-state index in [0.717, 1.165) is 5.56 Å². The molecule has 0 spiro atoms. The zero-order valence-electron chi connectivity index (χ0n) is 11.8. The Morgan fingerprint density at radius 2 is 1.86 bits per heavy atom. The van der Waals surface area contributed by atoms with Crippen LogP contribution in [-0.2, 0) is 16.0 Å². The number of benzene rings is 1. The minimum atomic E-state index is -1.11. The highest BCUT2D eigenvalue weighted by molar-refractivity contribution is 5.83. The van der Waals surface area contributed by atoms with Crippen LogP contribution in [0.1, 0.15) is 12.0 Å². The Labute approximate surface area is 122 Å². The predicted molar refractivity (Wildman–Crippen MR) is 76.8 cm³/mol. The normalized spacial score (nSPS) is 11.3. The highest BCUT2D eigenvalue weighted by Gasteiger charge is 2.20. The number of nitrogens with one attached hydrogen (secondary N) is 3. The Balaban J connectivity index is 2.45. The van der Waals surface area contributed by atoms with Crippen LogP contribution >= 0.6 is 0 Å². The molecule has 0 aromatic heterocycles. The predicted octanol–water partition coefficient (Wildman–Crippen LogP) is 0.118. The van der Waals surface area contributed by atoms with Crippen LogP contribution in [0.4, 0.5) is 4.79 Å². The van der Waals surface area contributed by atoms with E-state index < -0.39 is 18.0 Å². The molecular formula is C14H19N3O4. The first kappa shape index (κ1) is 16.5. The number of carbonyl (C=O) groups excluding carboxylic acids is 2. The number of hydrogen-bond donors (Lipinski definition) is 4. The molecule has 0 saturated carbocycles. The summed E-state index contributed by atoms with van der Waals surface area (Å²) in [6.07, 6.45) is 0.333. The van der Waals surface area contributed by atoms with E-state index in [1.807, 2.05) is 6.07 Å². The second-order valence-corrected chi connectivity index (χ2v) is 4.40. The standard InChI is InChI=1S/C14H19N3O4/c1-15-12(18)7-8-16-14(21)17-11(13(19)20)9-10-5-3-2-4-6-10/h2-6,11H,7-9H2,1H3,(H,15,18)(H,19,20)(H2,16,17,21)/t11-/m0/s1. The topological polar surface area (TPSA) is 108 Å². The van der Waals surface area contributed by atoms with E-state index in [4.69, 9.17) is 5.11 Å². The lowest BCUT2D eigenvalue weighted by Gasteiger charge is -2.15. The molecule has 7 nitrogen and oxygen atoms in total. The van der Waals surface area contributed by atoms with Gasteiger partial charge in [-0.05, 0) is 5.56 Å². The van der Waals surface area contributed by atoms with Crippen LogP contribution in [-0.4, -0.2) is 42.6 Å². The summed E-state index contributed by atoms with van der Waals surface area (Å²) in [5.74, 6) is -1.31. The Morgan fingerprint density at radius 3 is 2.43 bits per heavy atom. The summed E-state index contributed by atoms with van der Waals surface area (Å²) in [4.78, 5) is 33.7. The van der Waals surface area contributed by atoms with Gasteiger partial charge in [-0.2, -0.15) is 0 Å². The average molecular weight is 293 g/mol. The fourth-order valence-electron chi connectivity index (χ4n) is 1.67. The van der Waals surface area contributed by atoms with Crippen molar-refractivity contribution in [1.29, 1.82) is 0 Å². The van der Waals surface area contributed by atoms with Crippen molar-refractivity contribution in [2.45, 2.75) is 18.9 Å². The fourth-order valence-corrected chi connectivity index (χ4v) is 1.67. The zero-order chi connectivity index (χ0) is 15.7. The maximum atomic E-state index is 11.6. The van der Waals surface area contributed by atoms with Crippen molar-refractivity contribution < 1.29 is 19.5 Å². The summed E-state index contributed by atoms with van der Waals surface area (Å²) in [5, 5.41) is 16.4. The molecule has 0 radical (unpaired) electrons. The molecule has 21 heavy (non-hydrogen) atoms. The molecule has 0 fully saturated rings. The quantitative estimate of drug-likeness (QED) is 0.572. The minimum absolute atomic E-state index is 0.139. The summed E-state index contributed by atoms with van der Waals surface area (Å²) in [5.41, 5.74) is 0.815. The lowest BCUT2D eigenvalue weighted by Crippen LogP contribution is -2.47. The van der Waals surface area contributed by atoms with Gasteiger partial charge in [0.2, 0.25) is 5.91 Å². The molecule has 0 aliphatic carbocycles. The number of amides is 3. The Hall–Kier alpha value is -2.57. The van der Waals surface area contributed by atoms with Gasteiger partial charge in [0.05, 0.1) is 0 Å². The highest BCUT2D eigenvalue weighted by Crippen LogP contribution is 2.03. The third kappa shape index (κ3) is 6.42. The number of carboxylic acids is 1. The summed E-state index contributed by atoms with van der Waals surface area (Å²) in [6.45, 7) is 0.142. The third-order valence-corrected chi connectivity index (χ3v) is 2.80. The maximum absolute atomic E-state index is 11.6. The molecule has 4 N–H and O–H groups in total. The van der Waals surface area contributed by atoms with Gasteiger partial charge in [0, 0.05) is 26.4 Å². The number of rotatable bonds is 7. The molecule has 1 aromatic carbocycles. The van der Waals surface area contributed by atoms with E-state index in [1.54, 1.807) is 24.3 Å². The van der Waals surface area contributed by atoms with Gasteiger partial charge in [0.25, 0.3) is 0 Å². The summed E-state index contributed by atoms with van der Waals surface area (Å²) < 4.78 is 0. The second-order valence-electron chi connectivity index (χ2n) is 4.40. The first-order chi connectivity index (χ1) is 10.0. The molecule has 1 atom stereocenters. The van der Waals surface area contributed by atoms with Crippen molar-refractivity contribution in [3.05, 3.63) is 35.9 Å². The largest absolute Gasteiger partial charge is 0.480 e. The lowest BCUT2D eigenvalue weighted by atomic mass is 10.1. The van der Waals surface area contributed by atoms with E-state index in [2.05, 4.69) is 16.0 Å². The van der Waals surface area contributed by atoms with Crippen molar-refractivity contribution in [1.82, 2.24) is 16.0 Å². The fraction of sp³-hybridized carbons (Fsp3) is 0.357. The Morgan fingerprint density at radius 1 is 1.19 bits per heavy atom. The molecule has 114 valence electrons. The molecule has 1 aromatic rings. The first-order valence-corrected chi connectivity index (χ1v) is 6.54. The number of hydrogen-bond acceptors (Lipinski definition) is 3. The Kier molecular flexibility index (Phi) is 6.73. The van der Waals surface area contributed by atoms with Gasteiger partial charge in [-0.3, -0.25) is 4.79 Å². The van der Waals surface area contributed by atoms with Crippen LogP contribution in [0.15, 0.2) is 30.3 Å². The SMILES string of the molecule is CNC(=O)CCNC(=O)N[C@@H](Cc1ccccc1)C(=O)O. The summed E-state index contributed by atoms with van der Waals surface area (Å²) in [6, 6.07) is 7.39. The van der Waals surface area contributed by atoms with Crippen LogP contribution in [0.3, 0.4) is 0 Å². The third-order valence-electron chi connectivity index (χ3n) is 2.80. The smallest absolute Gasteiger partial charge is 0.326 e. The first-order valence-electron chi connectivity index (χ1n) is 6.54. The lowest BCUT2D eigenvalue weighted by molar-refractivity contribution is -0.139. The van der Waals surface area contributed by atoms with E-state index >= 15 is 0 Å². The molecule has 0 bridgehead atoms. The van der Waals surface area contributed by atoms with Crippen molar-refractivity contribution in [2.24, 2.45) is 0 Å². The van der Waals surface area contributed by atoms with Crippen LogP contribution < -0.4 is 16.0 Å². The monoisotopic (exact) mass is 293 g/mol. The minimum Gasteiger partial charge on any atom is -0.480 e. The van der Waals surface area contributed by atoms with Crippen molar-refractivity contribution in [3.63, 3.8) is 0 Å². The maximum Gasteiger partial charge on any atom is 0.326 e. The van der Waals surface area contributed by atoms with Gasteiger partial charge in [-0.1, -0.05) is 30.3 Å². The average Bonchev–Trinajstić information content (AvgIpc) is 2.47. The van der Waals surface area contributed by atoms with Gasteiger partial charge < -0.3 is 21.1 Å². The van der Waals surface area contributed by atoms with Gasteiger partial charge in [-0.15, -0.1) is 0 Å². The number of carbonyl (C=O) groups is 3. The highest BCUT2D eigenvalue weighted by atomic mass is 16.4. The molecule has 0 saturated heterocycles. The van der Waals surface area contributed by atoms with Crippen molar-refractivity contribution in [2.75, 3.05) is 13.6 Å². The van der Waals surface area contributed by atoms with E-state index in [1.165, 1.54) is 7.05 Å². The molecule has 0 heterocycles. The zero-order valence-corrected chi connectivity index (χ0v) is 11.8. The second kappa shape index (κ2) is 8.57. The van der Waals surface area contributed by atoms with E-state index in [0.29, 0.717) is 0 Å². The molecule has 7 heteroatoms. The van der Waals surface area contributed by atoms with Gasteiger partial charge in [-0.25, -0.2) is 9.59 Å². The van der Waals surface area contributed by atoms with Crippen LogP contribution in [0.2, 0.25) is 0 Å². The molecule has 0 aliphatic heterocycles. The molecule has 0 aliphatic rings. The molecule has 3 amide bonds. The van der Waals surface area contributed by atoms with Crippen LogP contribution in [0.25, 0.3) is 0 Å². The van der Waals surface area contributed by atoms with Crippen molar-refractivity contribution >= 4 is 17.9 Å². The van der Waals surface area contributed by atoms with Crippen LogP contribution in [0, 0.1) is 0 Å². The van der Waals surface area contributed by atoms with Gasteiger partial charge in [0.15, 0.2) is 0 Å². The Bertz CT molecular complexity index is 490. The molecule has 1 rings (SSSR count). The number of carboxylic acid groups (broad SMARTS) is 1. The van der Waals surface area contributed by atoms with E-state index in [9.17, 15) is 14.4 Å². The van der Waals surface area contributed by atoms with E-state index in [-0.39, 0.29) is 25.3 Å². The number of aliphatic carboxylic acids is 1. The molecular weight excluding hydrogens is 274 g/mol. The number of urea groups is 1. The van der Waals surface area contributed by atoms with Crippen LogP contribution in [0.5, 0.6) is 0 Å². The van der Waals surface area contributed by atoms with Crippen molar-refractivity contribution in [3.8, 4) is 0 Å².